The maximum absolute atomic E-state index is 12.6. The van der Waals surface area contributed by atoms with Crippen LogP contribution in [-0.4, -0.2) is 20.7 Å². The van der Waals surface area contributed by atoms with Crippen LogP contribution in [0, 0.1) is 6.92 Å². The molecular formula is C25H20ClN5O. The number of rotatable bonds is 4. The lowest BCUT2D eigenvalue weighted by atomic mass is 10.0. The largest absolute Gasteiger partial charge is 0.324 e. The van der Waals surface area contributed by atoms with Crippen LogP contribution >= 0.6 is 11.6 Å². The number of allylic oxidation sites excluding steroid dienone is 1. The Hall–Kier alpha value is -3.90. The molecule has 32 heavy (non-hydrogen) atoms. The maximum atomic E-state index is 12.6. The Balaban J connectivity index is 1.51. The molecule has 7 heteroatoms. The molecule has 5 rings (SSSR count). The number of carbonyl (C=O) groups is 1. The fourth-order valence-electron chi connectivity index (χ4n) is 3.61. The zero-order valence-electron chi connectivity index (χ0n) is 17.3. The highest BCUT2D eigenvalue weighted by Crippen LogP contribution is 2.33. The van der Waals surface area contributed by atoms with Crippen LogP contribution in [0.4, 0.5) is 11.9 Å². The standard InChI is InChI=1S/C25H20ClN5O/c1-16-7-9-17(10-8-16)21-15-22(18-11-13-20(26)14-12-18)31-25(27-21)29-24(30-31)28-23(32)19-5-3-2-4-6-19/h2-15,22H,1H3,(H2,27,28,29,30,32). The van der Waals surface area contributed by atoms with Gasteiger partial charge in [0.05, 0.1) is 0 Å². The van der Waals surface area contributed by atoms with Crippen molar-refractivity contribution in [1.29, 1.82) is 0 Å². The Morgan fingerprint density at radius 2 is 1.72 bits per heavy atom. The molecule has 0 aliphatic carbocycles. The molecule has 2 heterocycles. The van der Waals surface area contributed by atoms with Crippen LogP contribution in [0.15, 0.2) is 84.9 Å². The number of hydrogen-bond donors (Lipinski definition) is 2. The number of carbonyl (C=O) groups excluding carboxylic acids is 1. The molecule has 1 unspecified atom stereocenters. The molecule has 0 bridgehead atoms. The van der Waals surface area contributed by atoms with E-state index in [0.717, 1.165) is 16.8 Å². The zero-order chi connectivity index (χ0) is 22.1. The van der Waals surface area contributed by atoms with Gasteiger partial charge in [-0.15, -0.1) is 5.10 Å². The van der Waals surface area contributed by atoms with Crippen molar-refractivity contribution in [3.05, 3.63) is 112 Å². The van der Waals surface area contributed by atoms with Crippen molar-refractivity contribution in [3.8, 4) is 0 Å². The van der Waals surface area contributed by atoms with Gasteiger partial charge >= 0.3 is 0 Å². The number of hydrogen-bond acceptors (Lipinski definition) is 4. The molecule has 0 spiro atoms. The minimum Gasteiger partial charge on any atom is -0.324 e. The van der Waals surface area contributed by atoms with Gasteiger partial charge in [0.1, 0.15) is 6.04 Å². The number of benzene rings is 3. The number of amides is 1. The number of halogens is 1. The number of nitrogens with zero attached hydrogens (tertiary/aromatic N) is 3. The van der Waals surface area contributed by atoms with Crippen molar-refractivity contribution in [1.82, 2.24) is 14.8 Å². The fourth-order valence-corrected chi connectivity index (χ4v) is 3.73. The summed E-state index contributed by atoms with van der Waals surface area (Å²) in [7, 11) is 0. The maximum Gasteiger partial charge on any atom is 0.258 e. The zero-order valence-corrected chi connectivity index (χ0v) is 18.0. The highest BCUT2D eigenvalue weighted by molar-refractivity contribution is 6.30. The van der Waals surface area contributed by atoms with Crippen LogP contribution in [0.3, 0.4) is 0 Å². The number of anilines is 2. The summed E-state index contributed by atoms with van der Waals surface area (Å²) in [6, 6.07) is 24.7. The second kappa shape index (κ2) is 8.32. The molecule has 1 aromatic heterocycles. The monoisotopic (exact) mass is 441 g/mol. The first kappa shape index (κ1) is 20.0. The molecule has 0 saturated carbocycles. The van der Waals surface area contributed by atoms with Crippen LogP contribution in [-0.2, 0) is 0 Å². The first-order chi connectivity index (χ1) is 15.6. The van der Waals surface area contributed by atoms with E-state index in [1.54, 1.807) is 16.8 Å². The number of nitrogens with one attached hydrogen (secondary N) is 2. The predicted molar refractivity (Wildman–Crippen MR) is 127 cm³/mol. The van der Waals surface area contributed by atoms with Crippen molar-refractivity contribution in [2.45, 2.75) is 13.0 Å². The van der Waals surface area contributed by atoms with E-state index in [0.29, 0.717) is 16.5 Å². The van der Waals surface area contributed by atoms with Crippen molar-refractivity contribution >= 4 is 35.1 Å². The van der Waals surface area contributed by atoms with Crippen LogP contribution in [0.25, 0.3) is 5.70 Å². The highest BCUT2D eigenvalue weighted by atomic mass is 35.5. The average Bonchev–Trinajstić information content (AvgIpc) is 3.22. The molecule has 3 aromatic carbocycles. The topological polar surface area (TPSA) is 71.8 Å². The van der Waals surface area contributed by atoms with E-state index < -0.39 is 0 Å². The van der Waals surface area contributed by atoms with Crippen molar-refractivity contribution in [3.63, 3.8) is 0 Å². The van der Waals surface area contributed by atoms with E-state index in [1.807, 2.05) is 42.5 Å². The van der Waals surface area contributed by atoms with Crippen LogP contribution < -0.4 is 10.6 Å². The van der Waals surface area contributed by atoms with E-state index in [2.05, 4.69) is 58.0 Å². The molecule has 0 fully saturated rings. The molecule has 1 aliphatic rings. The van der Waals surface area contributed by atoms with Crippen molar-refractivity contribution in [2.24, 2.45) is 0 Å². The van der Waals surface area contributed by atoms with Gasteiger partial charge in [-0.3, -0.25) is 10.1 Å². The molecule has 0 saturated heterocycles. The fraction of sp³-hybridized carbons (Fsp3) is 0.0800. The molecule has 2 N–H and O–H groups in total. The molecule has 4 aromatic rings. The third-order valence-corrected chi connectivity index (χ3v) is 5.55. The SMILES string of the molecule is Cc1ccc(C2=CC(c3ccc(Cl)cc3)n3nc(NC(=O)c4ccccc4)nc3N2)cc1. The summed E-state index contributed by atoms with van der Waals surface area (Å²) < 4.78 is 1.77. The van der Waals surface area contributed by atoms with Gasteiger partial charge in [0.15, 0.2) is 0 Å². The minimum atomic E-state index is -0.261. The summed E-state index contributed by atoms with van der Waals surface area (Å²) in [4.78, 5) is 17.1. The molecular weight excluding hydrogens is 422 g/mol. The number of aromatic nitrogens is 3. The minimum absolute atomic E-state index is 0.213. The average molecular weight is 442 g/mol. The summed E-state index contributed by atoms with van der Waals surface area (Å²) in [5.74, 6) is 0.522. The highest BCUT2D eigenvalue weighted by Gasteiger charge is 2.26. The summed E-state index contributed by atoms with van der Waals surface area (Å²) >= 11 is 6.10. The predicted octanol–water partition coefficient (Wildman–Crippen LogP) is 5.55. The van der Waals surface area contributed by atoms with Gasteiger partial charge in [-0.05, 0) is 48.4 Å². The van der Waals surface area contributed by atoms with E-state index in [-0.39, 0.29) is 17.9 Å². The molecule has 1 aliphatic heterocycles. The lowest BCUT2D eigenvalue weighted by molar-refractivity contribution is 0.102. The van der Waals surface area contributed by atoms with Crippen molar-refractivity contribution < 1.29 is 4.79 Å². The Labute approximate surface area is 190 Å². The Morgan fingerprint density at radius 1 is 1.00 bits per heavy atom. The van der Waals surface area contributed by atoms with Gasteiger partial charge < -0.3 is 5.32 Å². The van der Waals surface area contributed by atoms with Gasteiger partial charge in [-0.25, -0.2) is 4.68 Å². The second-order valence-corrected chi connectivity index (χ2v) is 8.03. The van der Waals surface area contributed by atoms with E-state index >= 15 is 0 Å². The Bertz CT molecular complexity index is 1290. The van der Waals surface area contributed by atoms with Gasteiger partial charge in [-0.1, -0.05) is 71.8 Å². The third-order valence-electron chi connectivity index (χ3n) is 5.30. The summed E-state index contributed by atoms with van der Waals surface area (Å²) in [6.07, 6.45) is 2.10. The first-order valence-corrected chi connectivity index (χ1v) is 10.6. The number of aryl methyl sites for hydroxylation is 1. The Morgan fingerprint density at radius 3 is 2.44 bits per heavy atom. The van der Waals surface area contributed by atoms with Gasteiger partial charge in [0, 0.05) is 16.3 Å². The normalized spacial score (nSPS) is 14.8. The van der Waals surface area contributed by atoms with E-state index in [4.69, 9.17) is 11.6 Å². The lowest BCUT2D eigenvalue weighted by Crippen LogP contribution is -2.20. The Kier molecular flexibility index (Phi) is 5.21. The molecule has 6 nitrogen and oxygen atoms in total. The quantitative estimate of drug-likeness (QED) is 0.435. The number of fused-ring (bicyclic) bond motifs is 1. The van der Waals surface area contributed by atoms with E-state index in [9.17, 15) is 4.79 Å². The van der Waals surface area contributed by atoms with Crippen LogP contribution in [0.1, 0.15) is 33.1 Å². The third kappa shape index (κ3) is 4.00. The first-order valence-electron chi connectivity index (χ1n) is 10.2. The molecule has 158 valence electrons. The van der Waals surface area contributed by atoms with Gasteiger partial charge in [-0.2, -0.15) is 4.98 Å². The van der Waals surface area contributed by atoms with Crippen molar-refractivity contribution in [2.75, 3.05) is 10.6 Å². The van der Waals surface area contributed by atoms with E-state index in [1.165, 1.54) is 5.56 Å². The van der Waals surface area contributed by atoms with Crippen LogP contribution in [0.5, 0.6) is 0 Å². The summed E-state index contributed by atoms with van der Waals surface area (Å²) in [6.45, 7) is 2.06. The second-order valence-electron chi connectivity index (χ2n) is 7.59. The molecule has 1 amide bonds. The summed E-state index contributed by atoms with van der Waals surface area (Å²) in [5.41, 5.74) is 4.70. The lowest BCUT2D eigenvalue weighted by Gasteiger charge is -2.24. The molecule has 0 radical (unpaired) electrons. The van der Waals surface area contributed by atoms with Crippen LogP contribution in [0.2, 0.25) is 5.02 Å². The molecule has 1 atom stereocenters. The smallest absolute Gasteiger partial charge is 0.258 e. The van der Waals surface area contributed by atoms with Gasteiger partial charge in [0.25, 0.3) is 11.9 Å². The van der Waals surface area contributed by atoms with Gasteiger partial charge in [0.2, 0.25) is 5.95 Å². The summed E-state index contributed by atoms with van der Waals surface area (Å²) in [5, 5.41) is 11.4.